The largest absolute Gasteiger partial charge is 0.573 e. The highest BCUT2D eigenvalue weighted by molar-refractivity contribution is 5.61. The number of nitrogens with one attached hydrogen (secondary N) is 1. The quantitative estimate of drug-likeness (QED) is 0.753. The summed E-state index contributed by atoms with van der Waals surface area (Å²) < 4.78 is 39.8. The van der Waals surface area contributed by atoms with Gasteiger partial charge in [0.25, 0.3) is 0 Å². The van der Waals surface area contributed by atoms with E-state index in [0.717, 1.165) is 12.1 Å². The number of alkyl halides is 3. The van der Waals surface area contributed by atoms with Crippen molar-refractivity contribution in [3.63, 3.8) is 0 Å². The zero-order valence-electron chi connectivity index (χ0n) is 9.61. The molecule has 5 N–H and O–H groups in total. The fourth-order valence-electron chi connectivity index (χ4n) is 1.60. The van der Waals surface area contributed by atoms with Crippen LogP contribution in [-0.2, 0) is 5.66 Å². The Labute approximate surface area is 106 Å². The van der Waals surface area contributed by atoms with Crippen molar-refractivity contribution in [2.45, 2.75) is 12.0 Å². The molecule has 8 heteroatoms. The topological polar surface area (TPSA) is 85.7 Å². The lowest BCUT2D eigenvalue weighted by Gasteiger charge is -2.28. The number of benzene rings is 1. The Morgan fingerprint density at radius 2 is 1.84 bits per heavy atom. The van der Waals surface area contributed by atoms with Gasteiger partial charge in [-0.3, -0.25) is 5.73 Å². The van der Waals surface area contributed by atoms with Crippen molar-refractivity contribution in [3.8, 4) is 5.75 Å². The molecule has 0 radical (unpaired) electrons. The molecule has 0 aromatic heterocycles. The van der Waals surface area contributed by atoms with Crippen molar-refractivity contribution in [2.75, 3.05) is 0 Å². The number of hydrogen-bond donors (Lipinski definition) is 3. The molecule has 0 bridgehead atoms. The van der Waals surface area contributed by atoms with E-state index in [0.29, 0.717) is 5.56 Å². The van der Waals surface area contributed by atoms with E-state index >= 15 is 0 Å². The summed E-state index contributed by atoms with van der Waals surface area (Å²) in [5.74, 6) is -0.333. The van der Waals surface area contributed by atoms with Crippen LogP contribution in [0.2, 0.25) is 0 Å². The number of ether oxygens (including phenoxy) is 1. The van der Waals surface area contributed by atoms with Gasteiger partial charge in [-0.2, -0.15) is 0 Å². The molecule has 5 nitrogen and oxygen atoms in total. The summed E-state index contributed by atoms with van der Waals surface area (Å²) in [5, 5.41) is 2.67. The monoisotopic (exact) mass is 272 g/mol. The molecule has 2 rings (SSSR count). The second-order valence-electron chi connectivity index (χ2n) is 3.86. The van der Waals surface area contributed by atoms with Crippen LogP contribution in [0.15, 0.2) is 41.2 Å². The Kier molecular flexibility index (Phi) is 3.11. The minimum absolute atomic E-state index is 0.250. The highest BCUT2D eigenvalue weighted by Crippen LogP contribution is 2.29. The molecule has 0 saturated carbocycles. The number of aliphatic imine (C=N–C) groups is 1. The molecular formula is C11H11F3N4O. The third-order valence-corrected chi connectivity index (χ3v) is 2.55. The number of halogens is 3. The number of nitrogens with zero attached hydrogens (tertiary/aromatic N) is 1. The molecule has 19 heavy (non-hydrogen) atoms. The molecule has 1 atom stereocenters. The maximum Gasteiger partial charge on any atom is 0.573 e. The van der Waals surface area contributed by atoms with E-state index in [4.69, 9.17) is 11.5 Å². The van der Waals surface area contributed by atoms with E-state index in [1.54, 1.807) is 0 Å². The van der Waals surface area contributed by atoms with E-state index < -0.39 is 12.0 Å². The average Bonchev–Trinajstić information content (AvgIpc) is 2.32. The van der Waals surface area contributed by atoms with E-state index in [9.17, 15) is 13.2 Å². The smallest absolute Gasteiger partial charge is 0.406 e. The molecule has 102 valence electrons. The summed E-state index contributed by atoms with van der Waals surface area (Å²) in [4.78, 5) is 4.00. The van der Waals surface area contributed by atoms with Gasteiger partial charge in [0, 0.05) is 11.8 Å². The van der Waals surface area contributed by atoms with Crippen molar-refractivity contribution in [3.05, 3.63) is 41.7 Å². The maximum absolute atomic E-state index is 12.0. The second kappa shape index (κ2) is 4.47. The molecule has 0 saturated heterocycles. The molecule has 0 aliphatic carbocycles. The first-order valence-corrected chi connectivity index (χ1v) is 5.22. The minimum Gasteiger partial charge on any atom is -0.406 e. The lowest BCUT2D eigenvalue weighted by molar-refractivity contribution is -0.274. The molecular weight excluding hydrogens is 261 g/mol. The lowest BCUT2D eigenvalue weighted by atomic mass is 9.97. The average molecular weight is 272 g/mol. The van der Waals surface area contributed by atoms with Crippen LogP contribution in [0.5, 0.6) is 5.75 Å². The van der Waals surface area contributed by atoms with E-state index in [1.165, 1.54) is 24.7 Å². The Hall–Kier alpha value is -2.22. The summed E-state index contributed by atoms with van der Waals surface area (Å²) in [5.41, 5.74) is 11.2. The Morgan fingerprint density at radius 3 is 2.37 bits per heavy atom. The van der Waals surface area contributed by atoms with Crippen LogP contribution in [0.25, 0.3) is 0 Å². The van der Waals surface area contributed by atoms with Crippen LogP contribution < -0.4 is 21.5 Å². The minimum atomic E-state index is -4.73. The molecule has 1 aliphatic rings. The van der Waals surface area contributed by atoms with Crippen LogP contribution in [0, 0.1) is 0 Å². The van der Waals surface area contributed by atoms with E-state index in [2.05, 4.69) is 15.0 Å². The molecule has 0 spiro atoms. The SMILES string of the molecule is NC1=CNC=NC1(N)c1ccc(OC(F)(F)F)cc1. The van der Waals surface area contributed by atoms with Crippen LogP contribution in [0.1, 0.15) is 5.56 Å². The summed E-state index contributed by atoms with van der Waals surface area (Å²) in [6.07, 6.45) is -1.91. The van der Waals surface area contributed by atoms with Crippen LogP contribution in [0.3, 0.4) is 0 Å². The van der Waals surface area contributed by atoms with Crippen molar-refractivity contribution in [2.24, 2.45) is 16.5 Å². The van der Waals surface area contributed by atoms with Crippen LogP contribution in [-0.4, -0.2) is 12.7 Å². The molecule has 1 unspecified atom stereocenters. The second-order valence-corrected chi connectivity index (χ2v) is 3.86. The van der Waals surface area contributed by atoms with Gasteiger partial charge in [-0.05, 0) is 12.1 Å². The predicted molar refractivity (Wildman–Crippen MR) is 62.9 cm³/mol. The van der Waals surface area contributed by atoms with Gasteiger partial charge in [0.05, 0.1) is 12.0 Å². The lowest BCUT2D eigenvalue weighted by Crippen LogP contribution is -2.43. The van der Waals surface area contributed by atoms with Crippen molar-refractivity contribution >= 4 is 6.34 Å². The maximum atomic E-state index is 12.0. The van der Waals surface area contributed by atoms with E-state index in [-0.39, 0.29) is 11.4 Å². The predicted octanol–water partition coefficient (Wildman–Crippen LogP) is 1.13. The van der Waals surface area contributed by atoms with Crippen LogP contribution >= 0.6 is 0 Å². The molecule has 1 heterocycles. The Bertz CT molecular complexity index is 524. The summed E-state index contributed by atoms with van der Waals surface area (Å²) >= 11 is 0. The third-order valence-electron chi connectivity index (χ3n) is 2.55. The number of nitrogens with two attached hydrogens (primary N) is 2. The van der Waals surface area contributed by atoms with Gasteiger partial charge >= 0.3 is 6.36 Å². The van der Waals surface area contributed by atoms with Crippen molar-refractivity contribution in [1.82, 2.24) is 5.32 Å². The zero-order valence-corrected chi connectivity index (χ0v) is 9.61. The molecule has 0 fully saturated rings. The van der Waals surface area contributed by atoms with Gasteiger partial charge in [-0.25, -0.2) is 4.99 Å². The first-order valence-electron chi connectivity index (χ1n) is 5.22. The molecule has 1 aromatic carbocycles. The standard InChI is InChI=1S/C11H11F3N4O/c12-11(13,14)19-8-3-1-7(2-4-8)10(16)9(15)5-17-6-18-10/h1-6H,15-16H2,(H,17,18). The first-order chi connectivity index (χ1) is 8.81. The van der Waals surface area contributed by atoms with Gasteiger partial charge in [0.1, 0.15) is 5.75 Å². The summed E-state index contributed by atoms with van der Waals surface area (Å²) in [7, 11) is 0. The normalized spacial score (nSPS) is 22.6. The highest BCUT2D eigenvalue weighted by atomic mass is 19.4. The highest BCUT2D eigenvalue weighted by Gasteiger charge is 2.33. The first kappa shape index (κ1) is 13.2. The summed E-state index contributed by atoms with van der Waals surface area (Å²) in [6.45, 7) is 0. The Balaban J connectivity index is 2.26. The molecule has 1 aromatic rings. The fourth-order valence-corrected chi connectivity index (χ4v) is 1.60. The van der Waals surface area contributed by atoms with Crippen molar-refractivity contribution < 1.29 is 17.9 Å². The number of hydrogen-bond acceptors (Lipinski definition) is 5. The molecule has 0 amide bonds. The van der Waals surface area contributed by atoms with Gasteiger partial charge in [0.2, 0.25) is 0 Å². The van der Waals surface area contributed by atoms with Gasteiger partial charge in [-0.15, -0.1) is 13.2 Å². The van der Waals surface area contributed by atoms with Crippen LogP contribution in [0.4, 0.5) is 13.2 Å². The molecule has 1 aliphatic heterocycles. The fraction of sp³-hybridized carbons (Fsp3) is 0.182. The van der Waals surface area contributed by atoms with Crippen molar-refractivity contribution in [1.29, 1.82) is 0 Å². The van der Waals surface area contributed by atoms with Gasteiger partial charge in [-0.1, -0.05) is 12.1 Å². The van der Waals surface area contributed by atoms with Gasteiger partial charge < -0.3 is 15.8 Å². The zero-order chi connectivity index (χ0) is 14.1. The Morgan fingerprint density at radius 1 is 1.21 bits per heavy atom. The van der Waals surface area contributed by atoms with Gasteiger partial charge in [0.15, 0.2) is 5.66 Å². The number of rotatable bonds is 2. The van der Waals surface area contributed by atoms with E-state index in [1.807, 2.05) is 0 Å². The third kappa shape index (κ3) is 2.79. The summed E-state index contributed by atoms with van der Waals surface area (Å²) in [6, 6.07) is 5.07.